The minimum atomic E-state index is 0.869. The van der Waals surface area contributed by atoms with Crippen LogP contribution in [0.4, 0.5) is 0 Å². The molecule has 0 aromatic rings. The van der Waals surface area contributed by atoms with Gasteiger partial charge in [0.2, 0.25) is 0 Å². The molecular formula is C29H62N2. The molecule has 31 heavy (non-hydrogen) atoms. The van der Waals surface area contributed by atoms with Gasteiger partial charge in [0.15, 0.2) is 0 Å². The maximum absolute atomic E-state index is 5.53. The molecular weight excluding hydrogens is 376 g/mol. The Labute approximate surface area is 198 Å². The Morgan fingerprint density at radius 1 is 0.355 bits per heavy atom. The van der Waals surface area contributed by atoms with Crippen molar-refractivity contribution in [1.29, 1.82) is 0 Å². The van der Waals surface area contributed by atoms with Crippen LogP contribution in [-0.2, 0) is 0 Å². The molecule has 0 aliphatic carbocycles. The van der Waals surface area contributed by atoms with Crippen LogP contribution in [0, 0.1) is 0 Å². The van der Waals surface area contributed by atoms with Crippen molar-refractivity contribution in [2.24, 2.45) is 5.73 Å². The van der Waals surface area contributed by atoms with Crippen LogP contribution >= 0.6 is 0 Å². The van der Waals surface area contributed by atoms with E-state index in [1.165, 1.54) is 174 Å². The van der Waals surface area contributed by atoms with E-state index >= 15 is 0 Å². The van der Waals surface area contributed by atoms with Gasteiger partial charge < -0.3 is 11.1 Å². The van der Waals surface area contributed by atoms with Gasteiger partial charge in [-0.2, -0.15) is 0 Å². The first kappa shape index (κ1) is 30.9. The van der Waals surface area contributed by atoms with Gasteiger partial charge >= 0.3 is 0 Å². The molecule has 0 saturated carbocycles. The van der Waals surface area contributed by atoms with Crippen molar-refractivity contribution in [1.82, 2.24) is 5.32 Å². The molecule has 0 unspecified atom stereocenters. The zero-order valence-corrected chi connectivity index (χ0v) is 21.9. The molecule has 0 aliphatic rings. The molecule has 2 heteroatoms. The summed E-state index contributed by atoms with van der Waals surface area (Å²) in [4.78, 5) is 0. The van der Waals surface area contributed by atoms with Crippen molar-refractivity contribution in [3.63, 3.8) is 0 Å². The largest absolute Gasteiger partial charge is 0.330 e. The van der Waals surface area contributed by atoms with E-state index in [1.807, 2.05) is 0 Å². The third-order valence-corrected chi connectivity index (χ3v) is 6.76. The fourth-order valence-electron chi connectivity index (χ4n) is 4.55. The van der Waals surface area contributed by atoms with E-state index in [0.717, 1.165) is 6.54 Å². The van der Waals surface area contributed by atoms with Gasteiger partial charge in [0.1, 0.15) is 0 Å². The van der Waals surface area contributed by atoms with Crippen LogP contribution in [0.25, 0.3) is 0 Å². The topological polar surface area (TPSA) is 38.0 Å². The SMILES string of the molecule is CCCCCCCCCCCCCCCCNCCCCCCCCCCCCCN. The summed E-state index contributed by atoms with van der Waals surface area (Å²) in [6.45, 7) is 5.64. The van der Waals surface area contributed by atoms with Crippen LogP contribution in [0.15, 0.2) is 0 Å². The lowest BCUT2D eigenvalue weighted by atomic mass is 10.0. The molecule has 0 aromatic heterocycles. The van der Waals surface area contributed by atoms with E-state index in [9.17, 15) is 0 Å². The molecule has 0 aromatic carbocycles. The van der Waals surface area contributed by atoms with Gasteiger partial charge in [0.25, 0.3) is 0 Å². The summed E-state index contributed by atoms with van der Waals surface area (Å²) in [6.07, 6.45) is 35.7. The van der Waals surface area contributed by atoms with Crippen LogP contribution in [0.2, 0.25) is 0 Å². The average Bonchev–Trinajstić information content (AvgIpc) is 2.78. The Kier molecular flexibility index (Phi) is 29.8. The van der Waals surface area contributed by atoms with Crippen molar-refractivity contribution in [3.05, 3.63) is 0 Å². The smallest absolute Gasteiger partial charge is 0.00489 e. The summed E-state index contributed by atoms with van der Waals surface area (Å²) in [6, 6.07) is 0. The lowest BCUT2D eigenvalue weighted by Crippen LogP contribution is -2.16. The second-order valence-electron chi connectivity index (χ2n) is 10.0. The standard InChI is InChI=1S/C29H62N2/c1-2-3-4-5-6-7-8-9-10-13-16-19-22-25-28-31-29-26-23-20-17-14-11-12-15-18-21-24-27-30/h31H,2-30H2,1H3. The molecule has 0 saturated heterocycles. The Morgan fingerprint density at radius 3 is 0.903 bits per heavy atom. The first-order chi connectivity index (χ1) is 15.4. The first-order valence-electron chi connectivity index (χ1n) is 14.8. The van der Waals surface area contributed by atoms with Gasteiger partial charge in [-0.3, -0.25) is 0 Å². The van der Waals surface area contributed by atoms with Crippen molar-refractivity contribution in [3.8, 4) is 0 Å². The molecule has 3 N–H and O–H groups in total. The predicted molar refractivity (Wildman–Crippen MR) is 143 cm³/mol. The highest BCUT2D eigenvalue weighted by Crippen LogP contribution is 2.13. The number of nitrogens with one attached hydrogen (secondary N) is 1. The van der Waals surface area contributed by atoms with Crippen molar-refractivity contribution >= 4 is 0 Å². The lowest BCUT2D eigenvalue weighted by molar-refractivity contribution is 0.519. The summed E-state index contributed by atoms with van der Waals surface area (Å²) in [5.41, 5.74) is 5.53. The second kappa shape index (κ2) is 29.9. The molecule has 2 nitrogen and oxygen atoms in total. The summed E-state index contributed by atoms with van der Waals surface area (Å²) in [5, 5.41) is 3.66. The van der Waals surface area contributed by atoms with Gasteiger partial charge in [-0.05, 0) is 38.9 Å². The van der Waals surface area contributed by atoms with Crippen molar-refractivity contribution < 1.29 is 0 Å². The Balaban J connectivity index is 2.98. The molecule has 0 heterocycles. The third-order valence-electron chi connectivity index (χ3n) is 6.76. The fourth-order valence-corrected chi connectivity index (χ4v) is 4.55. The van der Waals surface area contributed by atoms with Gasteiger partial charge in [-0.25, -0.2) is 0 Å². The van der Waals surface area contributed by atoms with E-state index in [-0.39, 0.29) is 0 Å². The van der Waals surface area contributed by atoms with E-state index in [1.54, 1.807) is 0 Å². The second-order valence-corrected chi connectivity index (χ2v) is 10.0. The summed E-state index contributed by atoms with van der Waals surface area (Å²) >= 11 is 0. The summed E-state index contributed by atoms with van der Waals surface area (Å²) < 4.78 is 0. The van der Waals surface area contributed by atoms with Gasteiger partial charge in [-0.1, -0.05) is 148 Å². The van der Waals surface area contributed by atoms with Crippen LogP contribution in [0.1, 0.15) is 167 Å². The van der Waals surface area contributed by atoms with Crippen molar-refractivity contribution in [2.75, 3.05) is 19.6 Å². The summed E-state index contributed by atoms with van der Waals surface area (Å²) in [5.74, 6) is 0. The highest BCUT2D eigenvalue weighted by Gasteiger charge is 1.96. The number of nitrogens with two attached hydrogens (primary N) is 1. The highest BCUT2D eigenvalue weighted by molar-refractivity contribution is 4.53. The molecule has 0 bridgehead atoms. The maximum atomic E-state index is 5.53. The van der Waals surface area contributed by atoms with Crippen LogP contribution in [-0.4, -0.2) is 19.6 Å². The van der Waals surface area contributed by atoms with E-state index < -0.39 is 0 Å². The Bertz CT molecular complexity index is 264. The number of unbranched alkanes of at least 4 members (excludes halogenated alkanes) is 23. The Hall–Kier alpha value is -0.0800. The van der Waals surface area contributed by atoms with E-state index in [2.05, 4.69) is 12.2 Å². The first-order valence-corrected chi connectivity index (χ1v) is 14.8. The molecule has 0 amide bonds. The number of hydrogen-bond donors (Lipinski definition) is 2. The zero-order valence-electron chi connectivity index (χ0n) is 21.9. The lowest BCUT2D eigenvalue weighted by Gasteiger charge is -2.06. The molecule has 0 aliphatic heterocycles. The predicted octanol–water partition coefficient (Wildman–Crippen LogP) is 9.31. The monoisotopic (exact) mass is 438 g/mol. The summed E-state index contributed by atoms with van der Waals surface area (Å²) in [7, 11) is 0. The van der Waals surface area contributed by atoms with E-state index in [4.69, 9.17) is 5.73 Å². The van der Waals surface area contributed by atoms with Gasteiger partial charge in [-0.15, -0.1) is 0 Å². The maximum Gasteiger partial charge on any atom is -0.00489 e. The Morgan fingerprint density at radius 2 is 0.613 bits per heavy atom. The molecule has 0 atom stereocenters. The third kappa shape index (κ3) is 29.9. The molecule has 0 spiro atoms. The minimum absolute atomic E-state index is 0.869. The number of hydrogen-bond acceptors (Lipinski definition) is 2. The number of rotatable bonds is 28. The van der Waals surface area contributed by atoms with Crippen LogP contribution in [0.5, 0.6) is 0 Å². The van der Waals surface area contributed by atoms with Crippen molar-refractivity contribution in [2.45, 2.75) is 167 Å². The van der Waals surface area contributed by atoms with E-state index in [0.29, 0.717) is 0 Å². The zero-order chi connectivity index (χ0) is 22.5. The minimum Gasteiger partial charge on any atom is -0.330 e. The molecule has 188 valence electrons. The van der Waals surface area contributed by atoms with Crippen LogP contribution in [0.3, 0.4) is 0 Å². The fraction of sp³-hybridized carbons (Fsp3) is 1.00. The molecule has 0 fully saturated rings. The average molecular weight is 439 g/mol. The molecule has 0 rings (SSSR count). The normalized spacial score (nSPS) is 11.4. The van der Waals surface area contributed by atoms with Gasteiger partial charge in [0, 0.05) is 0 Å². The quantitative estimate of drug-likeness (QED) is 0.119. The molecule has 0 radical (unpaired) electrons. The van der Waals surface area contributed by atoms with Gasteiger partial charge in [0.05, 0.1) is 0 Å². The van der Waals surface area contributed by atoms with Crippen LogP contribution < -0.4 is 11.1 Å². The highest BCUT2D eigenvalue weighted by atomic mass is 14.8.